The fraction of sp³-hybridized carbons (Fsp3) is 0.333. The molecule has 0 aromatic heterocycles. The van der Waals surface area contributed by atoms with Gasteiger partial charge in [-0.15, -0.1) is 12.3 Å². The highest BCUT2D eigenvalue weighted by Crippen LogP contribution is 2.19. The Bertz CT molecular complexity index is 532. The lowest BCUT2D eigenvalue weighted by Gasteiger charge is -2.07. The summed E-state index contributed by atoms with van der Waals surface area (Å²) in [6.45, 7) is 2.21. The highest BCUT2D eigenvalue weighted by Gasteiger charge is 2.13. The summed E-state index contributed by atoms with van der Waals surface area (Å²) < 4.78 is 27.2. The van der Waals surface area contributed by atoms with Gasteiger partial charge in [-0.05, 0) is 37.1 Å². The second-order valence-electron chi connectivity index (χ2n) is 3.62. The summed E-state index contributed by atoms with van der Waals surface area (Å²) >= 11 is 3.33. The molecule has 5 heteroatoms. The highest BCUT2D eigenvalue weighted by atomic mass is 79.9. The summed E-state index contributed by atoms with van der Waals surface area (Å²) in [6, 6.07) is 4.93. The summed E-state index contributed by atoms with van der Waals surface area (Å²) in [5.74, 6) is 2.47. The monoisotopic (exact) mass is 315 g/mol. The molecule has 92 valence electrons. The Morgan fingerprint density at radius 3 is 2.76 bits per heavy atom. The molecule has 0 unspecified atom stereocenters. The Hall–Kier alpha value is -0.830. The molecule has 0 fully saturated rings. The van der Waals surface area contributed by atoms with Crippen molar-refractivity contribution < 1.29 is 8.42 Å². The van der Waals surface area contributed by atoms with Gasteiger partial charge < -0.3 is 0 Å². The minimum Gasteiger partial charge on any atom is -0.211 e. The van der Waals surface area contributed by atoms with E-state index in [1.165, 1.54) is 0 Å². The van der Waals surface area contributed by atoms with Crippen LogP contribution in [0.2, 0.25) is 0 Å². The third-order valence-corrected chi connectivity index (χ3v) is 4.58. The molecule has 0 radical (unpaired) electrons. The topological polar surface area (TPSA) is 46.2 Å². The standard InChI is InChI=1S/C12H14BrNO2S/c1-3-4-5-8-14-17(15,16)11-6-7-12(13)10(2)9-11/h1,6-7,9,14H,4-5,8H2,2H3. The zero-order chi connectivity index (χ0) is 12.9. The van der Waals surface area contributed by atoms with E-state index in [4.69, 9.17) is 6.42 Å². The zero-order valence-corrected chi connectivity index (χ0v) is 11.9. The number of nitrogens with one attached hydrogen (secondary N) is 1. The molecule has 0 heterocycles. The molecule has 1 aromatic carbocycles. The van der Waals surface area contributed by atoms with Crippen molar-refractivity contribution in [2.75, 3.05) is 6.54 Å². The summed E-state index contributed by atoms with van der Waals surface area (Å²) in [5, 5.41) is 0. The number of halogens is 1. The summed E-state index contributed by atoms with van der Waals surface area (Å²) in [4.78, 5) is 0.277. The quantitative estimate of drug-likeness (QED) is 0.670. The maximum absolute atomic E-state index is 11.9. The Balaban J connectivity index is 2.76. The molecule has 0 bridgehead atoms. The van der Waals surface area contributed by atoms with Gasteiger partial charge in [0.25, 0.3) is 0 Å². The minimum absolute atomic E-state index is 0.277. The average Bonchev–Trinajstić information content (AvgIpc) is 2.28. The van der Waals surface area contributed by atoms with E-state index in [1.54, 1.807) is 18.2 Å². The minimum atomic E-state index is -3.42. The summed E-state index contributed by atoms with van der Waals surface area (Å²) in [5.41, 5.74) is 0.886. The predicted octanol–water partition coefficient (Wildman–Crippen LogP) is 2.45. The third kappa shape index (κ3) is 4.15. The molecule has 0 amide bonds. The lowest BCUT2D eigenvalue weighted by Crippen LogP contribution is -2.24. The number of sulfonamides is 1. The van der Waals surface area contributed by atoms with Crippen molar-refractivity contribution in [2.24, 2.45) is 0 Å². The summed E-state index contributed by atoms with van der Waals surface area (Å²) in [6.07, 6.45) is 6.31. The van der Waals surface area contributed by atoms with Crippen LogP contribution in [0.5, 0.6) is 0 Å². The van der Waals surface area contributed by atoms with Gasteiger partial charge in [0.05, 0.1) is 4.90 Å². The van der Waals surface area contributed by atoms with E-state index in [-0.39, 0.29) is 4.90 Å². The van der Waals surface area contributed by atoms with Gasteiger partial charge in [-0.3, -0.25) is 0 Å². The van der Waals surface area contributed by atoms with E-state index >= 15 is 0 Å². The van der Waals surface area contributed by atoms with Gasteiger partial charge in [-0.25, -0.2) is 13.1 Å². The van der Waals surface area contributed by atoms with Gasteiger partial charge in [-0.1, -0.05) is 15.9 Å². The van der Waals surface area contributed by atoms with E-state index < -0.39 is 10.0 Å². The maximum Gasteiger partial charge on any atom is 0.240 e. The molecule has 1 aromatic rings. The third-order valence-electron chi connectivity index (χ3n) is 2.23. The lowest BCUT2D eigenvalue weighted by molar-refractivity contribution is 0.579. The number of benzene rings is 1. The number of hydrogen-bond donors (Lipinski definition) is 1. The molecule has 0 saturated carbocycles. The van der Waals surface area contributed by atoms with Crippen molar-refractivity contribution in [3.05, 3.63) is 28.2 Å². The second-order valence-corrected chi connectivity index (χ2v) is 6.24. The first kappa shape index (κ1) is 14.2. The van der Waals surface area contributed by atoms with Crippen LogP contribution in [0.15, 0.2) is 27.6 Å². The first-order chi connectivity index (χ1) is 7.97. The summed E-state index contributed by atoms with van der Waals surface area (Å²) in [7, 11) is -3.42. The molecule has 1 N–H and O–H groups in total. The number of terminal acetylenes is 1. The van der Waals surface area contributed by atoms with E-state index in [2.05, 4.69) is 26.6 Å². The Labute approximate surface area is 111 Å². The molecule has 17 heavy (non-hydrogen) atoms. The van der Waals surface area contributed by atoms with Crippen LogP contribution in [0.3, 0.4) is 0 Å². The van der Waals surface area contributed by atoms with Gasteiger partial charge in [0.1, 0.15) is 0 Å². The Morgan fingerprint density at radius 1 is 1.47 bits per heavy atom. The molecule has 1 rings (SSSR count). The average molecular weight is 316 g/mol. The molecule has 0 spiro atoms. The van der Waals surface area contributed by atoms with Crippen LogP contribution in [0.1, 0.15) is 18.4 Å². The van der Waals surface area contributed by atoms with E-state index in [9.17, 15) is 8.42 Å². The SMILES string of the molecule is C#CCCCNS(=O)(=O)c1ccc(Br)c(C)c1. The van der Waals surface area contributed by atoms with Crippen molar-refractivity contribution in [1.29, 1.82) is 0 Å². The van der Waals surface area contributed by atoms with Crippen molar-refractivity contribution in [1.82, 2.24) is 4.72 Å². The molecular weight excluding hydrogens is 302 g/mol. The highest BCUT2D eigenvalue weighted by molar-refractivity contribution is 9.10. The number of hydrogen-bond acceptors (Lipinski definition) is 2. The van der Waals surface area contributed by atoms with Gasteiger partial charge >= 0.3 is 0 Å². The maximum atomic E-state index is 11.9. The van der Waals surface area contributed by atoms with Gasteiger partial charge in [0.15, 0.2) is 0 Å². The van der Waals surface area contributed by atoms with Crippen LogP contribution in [0.25, 0.3) is 0 Å². The number of unbranched alkanes of at least 4 members (excludes halogenated alkanes) is 1. The van der Waals surface area contributed by atoms with Crippen LogP contribution in [-0.2, 0) is 10.0 Å². The molecule has 0 atom stereocenters. The van der Waals surface area contributed by atoms with Gasteiger partial charge in [0, 0.05) is 17.4 Å². The van der Waals surface area contributed by atoms with Gasteiger partial charge in [0.2, 0.25) is 10.0 Å². The van der Waals surface area contributed by atoms with E-state index in [0.717, 1.165) is 10.0 Å². The normalized spacial score (nSPS) is 11.1. The smallest absolute Gasteiger partial charge is 0.211 e. The molecule has 0 aliphatic rings. The molecule has 0 aliphatic carbocycles. The van der Waals surface area contributed by atoms with Crippen molar-refractivity contribution in [2.45, 2.75) is 24.7 Å². The van der Waals surface area contributed by atoms with Crippen molar-refractivity contribution >= 4 is 26.0 Å². The fourth-order valence-electron chi connectivity index (χ4n) is 1.26. The molecular formula is C12H14BrNO2S. The van der Waals surface area contributed by atoms with Crippen LogP contribution < -0.4 is 4.72 Å². The predicted molar refractivity (Wildman–Crippen MR) is 72.1 cm³/mol. The first-order valence-electron chi connectivity index (χ1n) is 5.16. The van der Waals surface area contributed by atoms with E-state index in [0.29, 0.717) is 19.4 Å². The lowest BCUT2D eigenvalue weighted by atomic mass is 10.2. The van der Waals surface area contributed by atoms with Crippen LogP contribution in [0, 0.1) is 19.3 Å². The second kappa shape index (κ2) is 6.20. The van der Waals surface area contributed by atoms with Crippen LogP contribution in [0.4, 0.5) is 0 Å². The van der Waals surface area contributed by atoms with E-state index in [1.807, 2.05) is 6.92 Å². The van der Waals surface area contributed by atoms with Crippen LogP contribution >= 0.6 is 15.9 Å². The Morgan fingerprint density at radius 2 is 2.18 bits per heavy atom. The molecule has 0 aliphatic heterocycles. The Kier molecular flexibility index (Phi) is 5.19. The first-order valence-corrected chi connectivity index (χ1v) is 7.44. The molecule has 3 nitrogen and oxygen atoms in total. The molecule has 0 saturated heterocycles. The largest absolute Gasteiger partial charge is 0.240 e. The zero-order valence-electron chi connectivity index (χ0n) is 9.53. The van der Waals surface area contributed by atoms with Crippen LogP contribution in [-0.4, -0.2) is 15.0 Å². The van der Waals surface area contributed by atoms with Crippen molar-refractivity contribution in [3.63, 3.8) is 0 Å². The number of rotatable bonds is 5. The number of aryl methyl sites for hydroxylation is 1. The van der Waals surface area contributed by atoms with Crippen molar-refractivity contribution in [3.8, 4) is 12.3 Å². The fourth-order valence-corrected chi connectivity index (χ4v) is 2.67. The van der Waals surface area contributed by atoms with Gasteiger partial charge in [-0.2, -0.15) is 0 Å².